The first-order chi connectivity index (χ1) is 9.40. The molecule has 0 saturated heterocycles. The van der Waals surface area contributed by atoms with E-state index >= 15 is 0 Å². The van der Waals surface area contributed by atoms with Crippen LogP contribution >= 0.6 is 0 Å². The topological polar surface area (TPSA) is 54.4 Å². The van der Waals surface area contributed by atoms with Gasteiger partial charge in [0.25, 0.3) is 0 Å². The molecule has 0 bridgehead atoms. The van der Waals surface area contributed by atoms with Gasteiger partial charge in [0.05, 0.1) is 16.8 Å². The minimum Gasteiger partial charge on any atom is -0.392 e. The van der Waals surface area contributed by atoms with Gasteiger partial charge in [-0.25, -0.2) is 8.42 Å². The van der Waals surface area contributed by atoms with Crippen molar-refractivity contribution in [3.05, 3.63) is 29.3 Å². The second-order valence-electron chi connectivity index (χ2n) is 6.02. The van der Waals surface area contributed by atoms with Crippen LogP contribution in [0.2, 0.25) is 0 Å². The maximum atomic E-state index is 12.5. The van der Waals surface area contributed by atoms with Crippen molar-refractivity contribution >= 4 is 9.84 Å². The first-order valence-electron chi connectivity index (χ1n) is 7.38. The quantitative estimate of drug-likeness (QED) is 0.929. The molecule has 0 amide bonds. The summed E-state index contributed by atoms with van der Waals surface area (Å²) in [5.74, 6) is -0.00837. The third kappa shape index (κ3) is 3.61. The van der Waals surface area contributed by atoms with Crippen LogP contribution in [0.4, 0.5) is 0 Å². The van der Waals surface area contributed by atoms with Crippen molar-refractivity contribution in [3.8, 4) is 0 Å². The summed E-state index contributed by atoms with van der Waals surface area (Å²) in [5.41, 5.74) is 1.81. The number of hydrogen-bond acceptors (Lipinski definition) is 3. The third-order valence-corrected chi connectivity index (χ3v) is 6.16. The van der Waals surface area contributed by atoms with Crippen LogP contribution < -0.4 is 0 Å². The lowest BCUT2D eigenvalue weighted by molar-refractivity contribution is 0.103. The summed E-state index contributed by atoms with van der Waals surface area (Å²) in [5, 5.41) is 10.2. The molecule has 1 aromatic rings. The van der Waals surface area contributed by atoms with Gasteiger partial charge in [-0.2, -0.15) is 0 Å². The van der Waals surface area contributed by atoms with E-state index in [0.29, 0.717) is 4.90 Å². The van der Waals surface area contributed by atoms with Gasteiger partial charge in [-0.15, -0.1) is 0 Å². The Balaban J connectivity index is 2.13. The highest BCUT2D eigenvalue weighted by Gasteiger charge is 2.28. The number of aryl methyl sites for hydroxylation is 2. The number of aliphatic hydroxyl groups excluding tert-OH is 1. The molecular weight excluding hydrogens is 272 g/mol. The predicted octanol–water partition coefficient (Wildman–Crippen LogP) is 3.02. The average molecular weight is 296 g/mol. The van der Waals surface area contributed by atoms with Crippen LogP contribution in [0, 0.1) is 19.8 Å². The van der Waals surface area contributed by atoms with Gasteiger partial charge in [-0.3, -0.25) is 0 Å². The van der Waals surface area contributed by atoms with Gasteiger partial charge < -0.3 is 5.11 Å². The number of hydrogen-bond donors (Lipinski definition) is 1. The molecule has 1 aliphatic rings. The van der Waals surface area contributed by atoms with Crippen LogP contribution in [0.1, 0.15) is 43.2 Å². The monoisotopic (exact) mass is 296 g/mol. The van der Waals surface area contributed by atoms with Crippen molar-refractivity contribution in [2.75, 3.05) is 5.75 Å². The zero-order chi connectivity index (χ0) is 14.8. The first kappa shape index (κ1) is 15.5. The van der Waals surface area contributed by atoms with E-state index in [4.69, 9.17) is 0 Å². The Morgan fingerprint density at radius 3 is 2.45 bits per heavy atom. The lowest BCUT2D eigenvalue weighted by Gasteiger charge is -2.26. The average Bonchev–Trinajstić information content (AvgIpc) is 2.38. The number of benzene rings is 1. The van der Waals surface area contributed by atoms with Crippen molar-refractivity contribution < 1.29 is 13.5 Å². The molecule has 112 valence electrons. The SMILES string of the molecule is Cc1ccc(S(=O)(=O)CC(O)C2CCCCC2)c(C)c1. The fourth-order valence-electron chi connectivity index (χ4n) is 3.12. The molecule has 1 fully saturated rings. The Bertz CT molecular complexity index is 557. The van der Waals surface area contributed by atoms with Crippen molar-refractivity contribution in [3.63, 3.8) is 0 Å². The predicted molar refractivity (Wildman–Crippen MR) is 80.6 cm³/mol. The Morgan fingerprint density at radius 1 is 1.20 bits per heavy atom. The van der Waals surface area contributed by atoms with E-state index in [0.717, 1.165) is 36.8 Å². The zero-order valence-electron chi connectivity index (χ0n) is 12.3. The van der Waals surface area contributed by atoms with Gasteiger partial charge >= 0.3 is 0 Å². The molecule has 1 unspecified atom stereocenters. The van der Waals surface area contributed by atoms with E-state index in [1.165, 1.54) is 6.42 Å². The zero-order valence-corrected chi connectivity index (χ0v) is 13.1. The second-order valence-corrected chi connectivity index (χ2v) is 8.02. The lowest BCUT2D eigenvalue weighted by atomic mass is 9.86. The minimum atomic E-state index is -3.41. The molecule has 0 aliphatic heterocycles. The molecule has 1 atom stereocenters. The molecule has 1 saturated carbocycles. The molecule has 4 heteroatoms. The summed E-state index contributed by atoms with van der Waals surface area (Å²) in [6, 6.07) is 5.35. The van der Waals surface area contributed by atoms with Gasteiger partial charge in [0, 0.05) is 0 Å². The van der Waals surface area contributed by atoms with E-state index in [1.807, 2.05) is 26.0 Å². The van der Waals surface area contributed by atoms with E-state index in [1.54, 1.807) is 6.07 Å². The smallest absolute Gasteiger partial charge is 0.181 e. The highest BCUT2D eigenvalue weighted by molar-refractivity contribution is 7.91. The fourth-order valence-corrected chi connectivity index (χ4v) is 4.84. The normalized spacial score (nSPS) is 18.9. The molecular formula is C16H24O3S. The second kappa shape index (κ2) is 6.27. The standard InChI is InChI=1S/C16H24O3S/c1-12-8-9-16(13(2)10-12)20(18,19)11-15(17)14-6-4-3-5-7-14/h8-10,14-15,17H,3-7,11H2,1-2H3. The Labute approximate surface area is 121 Å². The number of aliphatic hydroxyl groups is 1. The molecule has 3 nitrogen and oxygen atoms in total. The van der Waals surface area contributed by atoms with E-state index in [-0.39, 0.29) is 11.7 Å². The molecule has 1 aromatic carbocycles. The number of rotatable bonds is 4. The highest BCUT2D eigenvalue weighted by Crippen LogP contribution is 2.28. The van der Waals surface area contributed by atoms with Crippen molar-refractivity contribution in [1.82, 2.24) is 0 Å². The summed E-state index contributed by atoms with van der Waals surface area (Å²) >= 11 is 0. The molecule has 20 heavy (non-hydrogen) atoms. The minimum absolute atomic E-state index is 0.143. The first-order valence-corrected chi connectivity index (χ1v) is 9.03. The summed E-state index contributed by atoms with van der Waals surface area (Å²) in [7, 11) is -3.41. The Kier molecular flexibility index (Phi) is 4.86. The molecule has 0 aromatic heterocycles. The molecule has 0 radical (unpaired) electrons. The van der Waals surface area contributed by atoms with E-state index in [9.17, 15) is 13.5 Å². The molecule has 1 N–H and O–H groups in total. The van der Waals surface area contributed by atoms with Crippen LogP contribution in [0.5, 0.6) is 0 Å². The molecule has 2 rings (SSSR count). The van der Waals surface area contributed by atoms with Crippen LogP contribution in [0.15, 0.2) is 23.1 Å². The maximum absolute atomic E-state index is 12.5. The van der Waals surface area contributed by atoms with E-state index < -0.39 is 15.9 Å². The summed E-state index contributed by atoms with van der Waals surface area (Å²) < 4.78 is 24.9. The maximum Gasteiger partial charge on any atom is 0.181 e. The Morgan fingerprint density at radius 2 is 1.85 bits per heavy atom. The van der Waals surface area contributed by atoms with Crippen molar-refractivity contribution in [2.45, 2.75) is 57.0 Å². The highest BCUT2D eigenvalue weighted by atomic mass is 32.2. The molecule has 0 spiro atoms. The van der Waals surface area contributed by atoms with Crippen LogP contribution in [0.25, 0.3) is 0 Å². The lowest BCUT2D eigenvalue weighted by Crippen LogP contribution is -2.30. The van der Waals surface area contributed by atoms with Gasteiger partial charge in [-0.1, -0.05) is 37.0 Å². The largest absolute Gasteiger partial charge is 0.392 e. The van der Waals surface area contributed by atoms with Crippen molar-refractivity contribution in [1.29, 1.82) is 0 Å². The van der Waals surface area contributed by atoms with Crippen LogP contribution in [-0.2, 0) is 9.84 Å². The molecule has 1 aliphatic carbocycles. The van der Waals surface area contributed by atoms with Crippen molar-refractivity contribution in [2.24, 2.45) is 5.92 Å². The van der Waals surface area contributed by atoms with Gasteiger partial charge in [-0.05, 0) is 44.2 Å². The van der Waals surface area contributed by atoms with Gasteiger partial charge in [0.15, 0.2) is 9.84 Å². The summed E-state index contributed by atoms with van der Waals surface area (Å²) in [6.07, 6.45) is 4.57. The number of sulfone groups is 1. The summed E-state index contributed by atoms with van der Waals surface area (Å²) in [6.45, 7) is 3.76. The summed E-state index contributed by atoms with van der Waals surface area (Å²) in [4.78, 5) is 0.359. The molecule has 0 heterocycles. The third-order valence-electron chi connectivity index (χ3n) is 4.25. The van der Waals surface area contributed by atoms with E-state index in [2.05, 4.69) is 0 Å². The van der Waals surface area contributed by atoms with Gasteiger partial charge in [0.1, 0.15) is 0 Å². The van der Waals surface area contributed by atoms with Crippen LogP contribution in [-0.4, -0.2) is 25.4 Å². The van der Waals surface area contributed by atoms with Crippen LogP contribution in [0.3, 0.4) is 0 Å². The van der Waals surface area contributed by atoms with Gasteiger partial charge in [0.2, 0.25) is 0 Å². The fraction of sp³-hybridized carbons (Fsp3) is 0.625. The Hall–Kier alpha value is -0.870.